The number of nitriles is 1. The highest BCUT2D eigenvalue weighted by Gasteiger charge is 2.37. The maximum absolute atomic E-state index is 10.1. The van der Waals surface area contributed by atoms with Crippen molar-refractivity contribution in [3.05, 3.63) is 28.8 Å². The van der Waals surface area contributed by atoms with E-state index in [-0.39, 0.29) is 5.92 Å². The Hall–Kier alpha value is -1.24. The first-order chi connectivity index (χ1) is 8.17. The van der Waals surface area contributed by atoms with Gasteiger partial charge < -0.3 is 9.84 Å². The van der Waals surface area contributed by atoms with Crippen molar-refractivity contribution in [3.63, 3.8) is 0 Å². The zero-order valence-corrected chi connectivity index (χ0v) is 10.3. The molecular formula is C13H14ClNO2. The third-order valence-electron chi connectivity index (χ3n) is 3.11. The Morgan fingerprint density at radius 1 is 1.53 bits per heavy atom. The summed E-state index contributed by atoms with van der Waals surface area (Å²) in [7, 11) is 1.55. The molecule has 1 aromatic carbocycles. The lowest BCUT2D eigenvalue weighted by Crippen LogP contribution is -2.20. The second-order valence-electron chi connectivity index (χ2n) is 4.32. The number of methoxy groups -OCH3 is 1. The molecule has 3 nitrogen and oxygen atoms in total. The van der Waals surface area contributed by atoms with Gasteiger partial charge >= 0.3 is 0 Å². The van der Waals surface area contributed by atoms with Crippen LogP contribution in [0.4, 0.5) is 0 Å². The van der Waals surface area contributed by atoms with Crippen LogP contribution >= 0.6 is 11.6 Å². The third-order valence-corrected chi connectivity index (χ3v) is 3.35. The number of nitrogens with zero attached hydrogens (tertiary/aromatic N) is 1. The molecule has 2 rings (SSSR count). The van der Waals surface area contributed by atoms with Gasteiger partial charge in [-0.25, -0.2) is 0 Å². The first kappa shape index (κ1) is 12.2. The van der Waals surface area contributed by atoms with Crippen LogP contribution in [0.1, 0.15) is 24.3 Å². The van der Waals surface area contributed by atoms with Crippen LogP contribution in [0.25, 0.3) is 0 Å². The van der Waals surface area contributed by atoms with Gasteiger partial charge in [0.05, 0.1) is 19.3 Å². The molecular weight excluding hydrogens is 238 g/mol. The smallest absolute Gasteiger partial charge is 0.123 e. The highest BCUT2D eigenvalue weighted by molar-refractivity contribution is 6.30. The first-order valence-corrected chi connectivity index (χ1v) is 5.96. The number of aliphatic hydroxyl groups is 1. The summed E-state index contributed by atoms with van der Waals surface area (Å²) in [5, 5.41) is 19.9. The Morgan fingerprint density at radius 3 is 2.76 bits per heavy atom. The van der Waals surface area contributed by atoms with Crippen LogP contribution in [-0.4, -0.2) is 18.3 Å². The molecule has 4 heteroatoms. The molecule has 2 unspecified atom stereocenters. The van der Waals surface area contributed by atoms with Gasteiger partial charge in [-0.2, -0.15) is 5.26 Å². The molecule has 17 heavy (non-hydrogen) atoms. The predicted molar refractivity (Wildman–Crippen MR) is 65.1 cm³/mol. The summed E-state index contributed by atoms with van der Waals surface area (Å²) >= 11 is 5.93. The molecule has 0 heterocycles. The third kappa shape index (κ3) is 2.54. The Kier molecular flexibility index (Phi) is 3.56. The molecule has 0 amide bonds. The summed E-state index contributed by atoms with van der Waals surface area (Å²) in [5.74, 6) is 0.264. The molecule has 0 saturated heterocycles. The normalized spacial score (nSPS) is 18.2. The lowest BCUT2D eigenvalue weighted by Gasteiger charge is -2.19. The van der Waals surface area contributed by atoms with E-state index in [4.69, 9.17) is 16.3 Å². The Balaban J connectivity index is 2.35. The van der Waals surface area contributed by atoms with E-state index < -0.39 is 12.0 Å². The molecule has 0 aromatic heterocycles. The van der Waals surface area contributed by atoms with Gasteiger partial charge in [0.15, 0.2) is 0 Å². The standard InChI is InChI=1S/C13H14ClNO2/c1-17-12-5-4-9(14)6-10(12)11(7-15)13(16)8-2-3-8/h4-6,8,11,13,16H,2-3H2,1H3. The number of ether oxygens (including phenoxy) is 1. The molecule has 90 valence electrons. The fraction of sp³-hybridized carbons (Fsp3) is 0.462. The van der Waals surface area contributed by atoms with Gasteiger partial charge in [0, 0.05) is 10.6 Å². The minimum Gasteiger partial charge on any atom is -0.496 e. The number of rotatable bonds is 4. The lowest BCUT2D eigenvalue weighted by molar-refractivity contribution is 0.137. The van der Waals surface area contributed by atoms with Gasteiger partial charge in [-0.3, -0.25) is 0 Å². The van der Waals surface area contributed by atoms with Crippen molar-refractivity contribution in [1.82, 2.24) is 0 Å². The Labute approximate surface area is 106 Å². The van der Waals surface area contributed by atoms with Gasteiger partial charge in [-0.15, -0.1) is 0 Å². The van der Waals surface area contributed by atoms with Crippen LogP contribution in [0.2, 0.25) is 5.02 Å². The fourth-order valence-electron chi connectivity index (χ4n) is 1.99. The first-order valence-electron chi connectivity index (χ1n) is 5.58. The molecule has 1 N–H and O–H groups in total. The molecule has 0 radical (unpaired) electrons. The van der Waals surface area contributed by atoms with Gasteiger partial charge in [0.2, 0.25) is 0 Å². The molecule has 2 atom stereocenters. The molecule has 0 bridgehead atoms. The maximum atomic E-state index is 10.1. The molecule has 1 aliphatic rings. The van der Waals surface area contributed by atoms with Crippen molar-refractivity contribution >= 4 is 11.6 Å². The van der Waals surface area contributed by atoms with Crippen LogP contribution in [0.3, 0.4) is 0 Å². The quantitative estimate of drug-likeness (QED) is 0.895. The average molecular weight is 252 g/mol. The topological polar surface area (TPSA) is 53.2 Å². The highest BCUT2D eigenvalue weighted by Crippen LogP contribution is 2.41. The van der Waals surface area contributed by atoms with E-state index in [0.717, 1.165) is 12.8 Å². The van der Waals surface area contributed by atoms with Crippen LogP contribution in [0.5, 0.6) is 5.75 Å². The van der Waals surface area contributed by atoms with Crippen molar-refractivity contribution in [1.29, 1.82) is 5.26 Å². The summed E-state index contributed by atoms with van der Waals surface area (Å²) < 4.78 is 5.21. The Morgan fingerprint density at radius 2 is 2.24 bits per heavy atom. The minimum absolute atomic E-state index is 0.239. The van der Waals surface area contributed by atoms with E-state index in [1.807, 2.05) is 0 Å². The van der Waals surface area contributed by atoms with E-state index in [0.29, 0.717) is 16.3 Å². The van der Waals surface area contributed by atoms with Crippen molar-refractivity contribution in [2.75, 3.05) is 7.11 Å². The van der Waals surface area contributed by atoms with E-state index in [2.05, 4.69) is 6.07 Å². The summed E-state index contributed by atoms with van der Waals surface area (Å²) in [4.78, 5) is 0. The molecule has 1 fully saturated rings. The van der Waals surface area contributed by atoms with Gasteiger partial charge in [-0.1, -0.05) is 11.6 Å². The van der Waals surface area contributed by atoms with E-state index >= 15 is 0 Å². The van der Waals surface area contributed by atoms with Crippen molar-refractivity contribution in [2.24, 2.45) is 5.92 Å². The second kappa shape index (κ2) is 4.95. The zero-order valence-electron chi connectivity index (χ0n) is 9.56. The van der Waals surface area contributed by atoms with Crippen LogP contribution in [0, 0.1) is 17.2 Å². The number of hydrogen-bond donors (Lipinski definition) is 1. The van der Waals surface area contributed by atoms with Crippen molar-refractivity contribution in [2.45, 2.75) is 24.9 Å². The number of hydrogen-bond acceptors (Lipinski definition) is 3. The Bertz CT molecular complexity index is 451. The average Bonchev–Trinajstić information content (AvgIpc) is 3.14. The summed E-state index contributed by atoms with van der Waals surface area (Å²) in [6.45, 7) is 0. The van der Waals surface area contributed by atoms with Crippen LogP contribution in [-0.2, 0) is 0 Å². The second-order valence-corrected chi connectivity index (χ2v) is 4.76. The van der Waals surface area contributed by atoms with E-state index in [1.54, 1.807) is 25.3 Å². The van der Waals surface area contributed by atoms with E-state index in [1.165, 1.54) is 0 Å². The van der Waals surface area contributed by atoms with Gasteiger partial charge in [0.1, 0.15) is 11.7 Å². The molecule has 1 aromatic rings. The fourth-order valence-corrected chi connectivity index (χ4v) is 2.17. The number of benzene rings is 1. The monoisotopic (exact) mass is 251 g/mol. The van der Waals surface area contributed by atoms with Crippen LogP contribution in [0.15, 0.2) is 18.2 Å². The predicted octanol–water partition coefficient (Wildman–Crippen LogP) is 2.73. The largest absolute Gasteiger partial charge is 0.496 e. The van der Waals surface area contributed by atoms with Crippen molar-refractivity contribution in [3.8, 4) is 11.8 Å². The SMILES string of the molecule is COc1ccc(Cl)cc1C(C#N)C(O)C1CC1. The van der Waals surface area contributed by atoms with E-state index in [9.17, 15) is 10.4 Å². The number of aliphatic hydroxyl groups excluding tert-OH is 1. The number of halogens is 1. The molecule has 0 aliphatic heterocycles. The molecule has 1 aliphatic carbocycles. The zero-order chi connectivity index (χ0) is 12.4. The minimum atomic E-state index is -0.632. The van der Waals surface area contributed by atoms with Gasteiger partial charge in [-0.05, 0) is 37.0 Å². The summed E-state index contributed by atoms with van der Waals surface area (Å²) in [6.07, 6.45) is 1.34. The van der Waals surface area contributed by atoms with Gasteiger partial charge in [0.25, 0.3) is 0 Å². The summed E-state index contributed by atoms with van der Waals surface area (Å²) in [5.41, 5.74) is 0.668. The molecule has 0 spiro atoms. The van der Waals surface area contributed by atoms with Crippen molar-refractivity contribution < 1.29 is 9.84 Å². The molecule has 1 saturated carbocycles. The highest BCUT2D eigenvalue weighted by atomic mass is 35.5. The summed E-state index contributed by atoms with van der Waals surface area (Å²) in [6, 6.07) is 7.28. The maximum Gasteiger partial charge on any atom is 0.123 e. The lowest BCUT2D eigenvalue weighted by atomic mass is 9.91. The van der Waals surface area contributed by atoms with Crippen LogP contribution < -0.4 is 4.74 Å².